The van der Waals surface area contributed by atoms with Gasteiger partial charge in [-0.2, -0.15) is 0 Å². The van der Waals surface area contributed by atoms with Crippen LogP contribution in [0.1, 0.15) is 42.7 Å². The molecule has 1 atom stereocenters. The van der Waals surface area contributed by atoms with E-state index in [-0.39, 0.29) is 0 Å². The van der Waals surface area contributed by atoms with E-state index in [1.54, 1.807) is 0 Å². The second kappa shape index (κ2) is 7.30. The molecule has 1 aromatic carbocycles. The van der Waals surface area contributed by atoms with Crippen LogP contribution in [0.2, 0.25) is 0 Å². The van der Waals surface area contributed by atoms with E-state index < -0.39 is 0 Å². The molecule has 1 aliphatic carbocycles. The van der Waals surface area contributed by atoms with Gasteiger partial charge in [-0.3, -0.25) is 4.90 Å². The van der Waals surface area contributed by atoms with Crippen molar-refractivity contribution in [2.75, 3.05) is 19.7 Å². The molecule has 2 fully saturated rings. The zero-order valence-electron chi connectivity index (χ0n) is 15.3. The molecule has 2 heterocycles. The molecule has 25 heavy (non-hydrogen) atoms. The first-order valence-electron chi connectivity index (χ1n) is 9.54. The van der Waals surface area contributed by atoms with Crippen molar-refractivity contribution >= 4 is 0 Å². The number of rotatable bonds is 7. The van der Waals surface area contributed by atoms with Crippen LogP contribution in [0.3, 0.4) is 0 Å². The van der Waals surface area contributed by atoms with Crippen molar-refractivity contribution in [3.63, 3.8) is 0 Å². The Bertz CT molecular complexity index is 714. The molecule has 0 bridgehead atoms. The maximum absolute atomic E-state index is 5.98. The lowest BCUT2D eigenvalue weighted by molar-refractivity contribution is 0.0684. The van der Waals surface area contributed by atoms with Crippen LogP contribution in [0.5, 0.6) is 0 Å². The maximum Gasteiger partial charge on any atom is 0.226 e. The van der Waals surface area contributed by atoms with Crippen LogP contribution in [-0.2, 0) is 11.3 Å². The third-order valence-corrected chi connectivity index (χ3v) is 5.23. The average molecular weight is 340 g/mol. The summed E-state index contributed by atoms with van der Waals surface area (Å²) in [6.07, 6.45) is 5.51. The Hall–Kier alpha value is -1.65. The number of benzene rings is 1. The Morgan fingerprint density at radius 2 is 2.04 bits per heavy atom. The van der Waals surface area contributed by atoms with E-state index in [2.05, 4.69) is 36.1 Å². The number of hydrogen-bond acceptors (Lipinski definition) is 4. The van der Waals surface area contributed by atoms with Gasteiger partial charge in [0, 0.05) is 31.8 Å². The first-order chi connectivity index (χ1) is 12.2. The highest BCUT2D eigenvalue weighted by Crippen LogP contribution is 2.31. The van der Waals surface area contributed by atoms with Gasteiger partial charge in [-0.15, -0.1) is 0 Å². The molecular formula is C21H28N2O2. The fourth-order valence-electron chi connectivity index (χ4n) is 3.63. The summed E-state index contributed by atoms with van der Waals surface area (Å²) < 4.78 is 11.8. The SMILES string of the molecule is Cc1cccc(-c2nc(CN(CC3CC3)CC3CCCO3)c(C)o2)c1. The summed E-state index contributed by atoms with van der Waals surface area (Å²) in [6, 6.07) is 8.35. The minimum Gasteiger partial charge on any atom is -0.441 e. The van der Waals surface area contributed by atoms with Gasteiger partial charge in [-0.05, 0) is 57.6 Å². The van der Waals surface area contributed by atoms with Crippen LogP contribution in [0, 0.1) is 19.8 Å². The van der Waals surface area contributed by atoms with Gasteiger partial charge in [-0.25, -0.2) is 4.98 Å². The van der Waals surface area contributed by atoms with Crippen LogP contribution in [0.15, 0.2) is 28.7 Å². The lowest BCUT2D eigenvalue weighted by atomic mass is 10.1. The van der Waals surface area contributed by atoms with Gasteiger partial charge < -0.3 is 9.15 Å². The summed E-state index contributed by atoms with van der Waals surface area (Å²) in [5.74, 6) is 2.54. The second-order valence-corrected chi connectivity index (χ2v) is 7.66. The van der Waals surface area contributed by atoms with Crippen LogP contribution >= 0.6 is 0 Å². The minimum atomic E-state index is 0.391. The number of aryl methyl sites for hydroxylation is 2. The molecule has 1 saturated carbocycles. The van der Waals surface area contributed by atoms with E-state index in [0.717, 1.165) is 55.1 Å². The summed E-state index contributed by atoms with van der Waals surface area (Å²) in [4.78, 5) is 7.34. The highest BCUT2D eigenvalue weighted by atomic mass is 16.5. The maximum atomic E-state index is 5.98. The van der Waals surface area contributed by atoms with Gasteiger partial charge in [0.15, 0.2) is 0 Å². The molecule has 2 aromatic rings. The number of hydrogen-bond donors (Lipinski definition) is 0. The topological polar surface area (TPSA) is 38.5 Å². The zero-order chi connectivity index (χ0) is 17.2. The van der Waals surface area contributed by atoms with Crippen molar-refractivity contribution in [2.24, 2.45) is 5.92 Å². The molecule has 2 aliphatic rings. The van der Waals surface area contributed by atoms with Crippen molar-refractivity contribution in [3.05, 3.63) is 41.3 Å². The summed E-state index contributed by atoms with van der Waals surface area (Å²) in [6.45, 7) is 8.08. The molecule has 1 aromatic heterocycles. The monoisotopic (exact) mass is 340 g/mol. The highest BCUT2D eigenvalue weighted by Gasteiger charge is 2.28. The summed E-state index contributed by atoms with van der Waals surface area (Å²) >= 11 is 0. The van der Waals surface area contributed by atoms with Crippen LogP contribution in [0.4, 0.5) is 0 Å². The first-order valence-corrected chi connectivity index (χ1v) is 9.54. The molecule has 134 valence electrons. The molecule has 0 N–H and O–H groups in total. The largest absolute Gasteiger partial charge is 0.441 e. The highest BCUT2D eigenvalue weighted by molar-refractivity contribution is 5.54. The molecule has 1 aliphatic heterocycles. The molecular weight excluding hydrogens is 312 g/mol. The van der Waals surface area contributed by atoms with E-state index >= 15 is 0 Å². The van der Waals surface area contributed by atoms with E-state index in [1.807, 2.05) is 6.92 Å². The molecule has 4 nitrogen and oxygen atoms in total. The van der Waals surface area contributed by atoms with E-state index in [9.17, 15) is 0 Å². The average Bonchev–Trinajstić information content (AvgIpc) is 3.11. The van der Waals surface area contributed by atoms with Gasteiger partial charge in [-0.1, -0.05) is 17.7 Å². The third kappa shape index (κ3) is 4.31. The Morgan fingerprint density at radius 3 is 2.76 bits per heavy atom. The Kier molecular flexibility index (Phi) is 4.91. The van der Waals surface area contributed by atoms with Crippen molar-refractivity contribution in [1.29, 1.82) is 0 Å². The number of aromatic nitrogens is 1. The number of nitrogens with zero attached hydrogens (tertiary/aromatic N) is 2. The zero-order valence-corrected chi connectivity index (χ0v) is 15.3. The number of ether oxygens (including phenoxy) is 1. The van der Waals surface area contributed by atoms with Crippen molar-refractivity contribution in [3.8, 4) is 11.5 Å². The van der Waals surface area contributed by atoms with Crippen molar-refractivity contribution in [1.82, 2.24) is 9.88 Å². The Balaban J connectivity index is 1.49. The second-order valence-electron chi connectivity index (χ2n) is 7.66. The first kappa shape index (κ1) is 16.8. The minimum absolute atomic E-state index is 0.391. The van der Waals surface area contributed by atoms with Gasteiger partial charge in [0.2, 0.25) is 5.89 Å². The van der Waals surface area contributed by atoms with Crippen LogP contribution in [0.25, 0.3) is 11.5 Å². The van der Waals surface area contributed by atoms with Crippen molar-refractivity contribution in [2.45, 2.75) is 52.2 Å². The molecule has 4 rings (SSSR count). The number of oxazole rings is 1. The fraction of sp³-hybridized carbons (Fsp3) is 0.571. The lowest BCUT2D eigenvalue weighted by Gasteiger charge is -2.24. The van der Waals surface area contributed by atoms with Gasteiger partial charge in [0.05, 0.1) is 11.8 Å². The summed E-state index contributed by atoms with van der Waals surface area (Å²) in [7, 11) is 0. The molecule has 1 unspecified atom stereocenters. The molecule has 0 spiro atoms. The van der Waals surface area contributed by atoms with Crippen LogP contribution in [-0.4, -0.2) is 35.7 Å². The standard InChI is InChI=1S/C21H28N2O2/c1-15-5-3-6-18(11-15)21-22-20(16(2)25-21)14-23(12-17-8-9-17)13-19-7-4-10-24-19/h3,5-6,11,17,19H,4,7-10,12-14H2,1-2H3. The molecule has 1 saturated heterocycles. The van der Waals surface area contributed by atoms with Gasteiger partial charge in [0.25, 0.3) is 0 Å². The van der Waals surface area contributed by atoms with Gasteiger partial charge in [0.1, 0.15) is 5.76 Å². The fourth-order valence-corrected chi connectivity index (χ4v) is 3.63. The smallest absolute Gasteiger partial charge is 0.226 e. The predicted octanol–water partition coefficient (Wildman–Crippen LogP) is 4.35. The summed E-state index contributed by atoms with van der Waals surface area (Å²) in [5.41, 5.74) is 3.35. The Labute approximate surface area is 150 Å². The predicted molar refractivity (Wildman–Crippen MR) is 98.4 cm³/mol. The molecule has 0 amide bonds. The summed E-state index contributed by atoms with van der Waals surface area (Å²) in [5, 5.41) is 0. The van der Waals surface area contributed by atoms with E-state index in [0.29, 0.717) is 6.10 Å². The Morgan fingerprint density at radius 1 is 1.16 bits per heavy atom. The van der Waals surface area contributed by atoms with Crippen molar-refractivity contribution < 1.29 is 9.15 Å². The van der Waals surface area contributed by atoms with Crippen LogP contribution < -0.4 is 0 Å². The molecule has 0 radical (unpaired) electrons. The van der Waals surface area contributed by atoms with Gasteiger partial charge >= 0.3 is 0 Å². The quantitative estimate of drug-likeness (QED) is 0.751. The molecule has 4 heteroatoms. The van der Waals surface area contributed by atoms with E-state index in [1.165, 1.54) is 31.2 Å². The normalized spacial score (nSPS) is 20.5. The lowest BCUT2D eigenvalue weighted by Crippen LogP contribution is -2.33. The third-order valence-electron chi connectivity index (χ3n) is 5.23. The van der Waals surface area contributed by atoms with E-state index in [4.69, 9.17) is 14.1 Å².